The first-order valence-electron chi connectivity index (χ1n) is 9.51. The number of nitrogens with one attached hydrogen (secondary N) is 2. The molecule has 1 aliphatic rings. The summed E-state index contributed by atoms with van der Waals surface area (Å²) in [7, 11) is 3.48. The van der Waals surface area contributed by atoms with E-state index in [1.165, 1.54) is 43.4 Å². The first kappa shape index (κ1) is 20.7. The predicted molar refractivity (Wildman–Crippen MR) is 108 cm³/mol. The van der Waals surface area contributed by atoms with Gasteiger partial charge in [-0.25, -0.2) is 4.99 Å². The van der Waals surface area contributed by atoms with E-state index in [4.69, 9.17) is 4.74 Å². The lowest BCUT2D eigenvalue weighted by Gasteiger charge is -2.17. The van der Waals surface area contributed by atoms with E-state index in [1.54, 1.807) is 30.3 Å². The highest BCUT2D eigenvalue weighted by Gasteiger charge is 2.12. The van der Waals surface area contributed by atoms with Crippen LogP contribution in [0, 0.1) is 0 Å². The number of hydrogen-bond donors (Lipinski definition) is 2. The average molecular weight is 381 g/mol. The van der Waals surface area contributed by atoms with Crippen molar-refractivity contribution in [3.05, 3.63) is 22.4 Å². The van der Waals surface area contributed by atoms with Gasteiger partial charge in [0.1, 0.15) is 6.54 Å². The Labute approximate surface area is 161 Å². The van der Waals surface area contributed by atoms with Gasteiger partial charge in [-0.1, -0.05) is 31.7 Å². The van der Waals surface area contributed by atoms with Crippen molar-refractivity contribution in [1.29, 1.82) is 0 Å². The summed E-state index contributed by atoms with van der Waals surface area (Å²) in [5.74, 6) is 0.634. The zero-order valence-corrected chi connectivity index (χ0v) is 16.8. The van der Waals surface area contributed by atoms with E-state index >= 15 is 0 Å². The Hall–Kier alpha value is -1.60. The van der Waals surface area contributed by atoms with E-state index < -0.39 is 0 Å². The van der Waals surface area contributed by atoms with Gasteiger partial charge in [-0.15, -0.1) is 11.3 Å². The minimum atomic E-state index is -0.0167. The van der Waals surface area contributed by atoms with Gasteiger partial charge in [-0.2, -0.15) is 0 Å². The molecule has 1 amide bonds. The molecule has 0 atom stereocenters. The van der Waals surface area contributed by atoms with Crippen molar-refractivity contribution < 1.29 is 9.53 Å². The van der Waals surface area contributed by atoms with Crippen LogP contribution in [0.25, 0.3) is 0 Å². The topological polar surface area (TPSA) is 66.0 Å². The number of rotatable bonds is 8. The van der Waals surface area contributed by atoms with E-state index in [-0.39, 0.29) is 12.5 Å². The molecule has 2 rings (SSSR count). The third kappa shape index (κ3) is 8.19. The van der Waals surface area contributed by atoms with E-state index in [0.717, 1.165) is 0 Å². The monoisotopic (exact) mass is 380 g/mol. The summed E-state index contributed by atoms with van der Waals surface area (Å²) < 4.78 is 6.01. The second-order valence-corrected chi connectivity index (χ2v) is 7.83. The number of guanidine groups is 1. The van der Waals surface area contributed by atoms with Gasteiger partial charge >= 0.3 is 0 Å². The minimum absolute atomic E-state index is 0.0167. The maximum atomic E-state index is 11.8. The molecule has 1 heterocycles. The molecule has 0 spiro atoms. The molecule has 0 radical (unpaired) electrons. The smallest absolute Gasteiger partial charge is 0.243 e. The van der Waals surface area contributed by atoms with E-state index in [1.807, 2.05) is 6.07 Å². The number of thiophene rings is 1. The van der Waals surface area contributed by atoms with Crippen LogP contribution < -0.4 is 10.6 Å². The first-order valence-corrected chi connectivity index (χ1v) is 10.4. The van der Waals surface area contributed by atoms with Crippen molar-refractivity contribution in [3.63, 3.8) is 0 Å². The van der Waals surface area contributed by atoms with Crippen LogP contribution in [-0.4, -0.2) is 56.7 Å². The van der Waals surface area contributed by atoms with Gasteiger partial charge in [0.2, 0.25) is 5.91 Å². The molecule has 1 aromatic rings. The van der Waals surface area contributed by atoms with Crippen LogP contribution >= 0.6 is 11.3 Å². The molecule has 0 aromatic carbocycles. The van der Waals surface area contributed by atoms with E-state index in [2.05, 4.69) is 27.1 Å². The highest BCUT2D eigenvalue weighted by atomic mass is 32.1. The number of hydrogen-bond acceptors (Lipinski definition) is 4. The van der Waals surface area contributed by atoms with Gasteiger partial charge in [-0.3, -0.25) is 4.79 Å². The third-order valence-corrected chi connectivity index (χ3v) is 5.31. The van der Waals surface area contributed by atoms with Crippen molar-refractivity contribution in [2.24, 2.45) is 4.99 Å². The van der Waals surface area contributed by atoms with Crippen molar-refractivity contribution in [2.75, 3.05) is 33.8 Å². The third-order valence-electron chi connectivity index (χ3n) is 4.43. The van der Waals surface area contributed by atoms with Gasteiger partial charge in [-0.05, 0) is 24.3 Å². The molecule has 146 valence electrons. The Morgan fingerprint density at radius 1 is 1.27 bits per heavy atom. The zero-order chi connectivity index (χ0) is 18.6. The number of carbonyl (C=O) groups excluding carboxylic acids is 1. The second kappa shape index (κ2) is 11.9. The molecule has 7 heteroatoms. The lowest BCUT2D eigenvalue weighted by Crippen LogP contribution is -2.40. The van der Waals surface area contributed by atoms with Gasteiger partial charge in [0.05, 0.1) is 19.3 Å². The first-order chi connectivity index (χ1) is 12.6. The Balaban J connectivity index is 1.76. The summed E-state index contributed by atoms with van der Waals surface area (Å²) in [6.07, 6.45) is 7.97. The molecule has 0 bridgehead atoms. The number of likely N-dealkylation sites (N-methyl/N-ethyl adjacent to an activating group) is 1. The summed E-state index contributed by atoms with van der Waals surface area (Å²) in [4.78, 5) is 19.0. The van der Waals surface area contributed by atoms with Gasteiger partial charge in [0, 0.05) is 25.5 Å². The minimum Gasteiger partial charge on any atom is -0.376 e. The van der Waals surface area contributed by atoms with E-state index in [9.17, 15) is 4.79 Å². The fourth-order valence-electron chi connectivity index (χ4n) is 2.85. The van der Waals surface area contributed by atoms with Crippen LogP contribution in [0.1, 0.15) is 43.4 Å². The molecular weight excluding hydrogens is 348 g/mol. The molecule has 0 aliphatic heterocycles. The Bertz CT molecular complexity index is 538. The molecule has 1 fully saturated rings. The number of nitrogens with zero attached hydrogens (tertiary/aromatic N) is 2. The van der Waals surface area contributed by atoms with Gasteiger partial charge < -0.3 is 20.3 Å². The molecule has 26 heavy (non-hydrogen) atoms. The van der Waals surface area contributed by atoms with Crippen LogP contribution in [0.5, 0.6) is 0 Å². The fraction of sp³-hybridized carbons (Fsp3) is 0.684. The second-order valence-electron chi connectivity index (χ2n) is 6.80. The van der Waals surface area contributed by atoms with Crippen molar-refractivity contribution in [1.82, 2.24) is 15.5 Å². The van der Waals surface area contributed by atoms with Crippen molar-refractivity contribution in [3.8, 4) is 0 Å². The Kier molecular flexibility index (Phi) is 9.48. The molecular formula is C19H32N4O2S. The maximum absolute atomic E-state index is 11.8. The highest BCUT2D eigenvalue weighted by Crippen LogP contribution is 2.19. The molecule has 1 aliphatic carbocycles. The van der Waals surface area contributed by atoms with Crippen LogP contribution in [0.3, 0.4) is 0 Å². The summed E-state index contributed by atoms with van der Waals surface area (Å²) in [6.45, 7) is 2.17. The Morgan fingerprint density at radius 2 is 2.04 bits per heavy atom. The number of ether oxygens (including phenoxy) is 1. The maximum Gasteiger partial charge on any atom is 0.243 e. The molecule has 1 saturated carbocycles. The molecule has 0 unspecified atom stereocenters. The normalized spacial score (nSPS) is 16.2. The molecule has 1 aromatic heterocycles. The predicted octanol–water partition coefficient (Wildman–Crippen LogP) is 2.61. The summed E-state index contributed by atoms with van der Waals surface area (Å²) in [6, 6.07) is 4.11. The standard InChI is InChI=1S/C19H32N4O2S/c1-23(2)18(24)15-22-19(21-14-17-10-7-13-26-17)20-11-12-25-16-8-5-3-4-6-9-16/h7,10,13,16H,3-6,8-9,11-12,14-15H2,1-2H3,(H2,20,21,22). The average Bonchev–Trinajstić information content (AvgIpc) is 3.02. The Morgan fingerprint density at radius 3 is 2.69 bits per heavy atom. The van der Waals surface area contributed by atoms with Crippen molar-refractivity contribution >= 4 is 23.2 Å². The van der Waals surface area contributed by atoms with E-state index in [0.29, 0.717) is 31.8 Å². The van der Waals surface area contributed by atoms with Gasteiger partial charge in [0.15, 0.2) is 5.96 Å². The van der Waals surface area contributed by atoms with Crippen molar-refractivity contribution in [2.45, 2.75) is 51.2 Å². The van der Waals surface area contributed by atoms with Crippen LogP contribution in [0.2, 0.25) is 0 Å². The largest absolute Gasteiger partial charge is 0.376 e. The summed E-state index contributed by atoms with van der Waals surface area (Å²) in [5.41, 5.74) is 0. The number of carbonyl (C=O) groups is 1. The lowest BCUT2D eigenvalue weighted by atomic mass is 10.1. The van der Waals surface area contributed by atoms with Crippen LogP contribution in [-0.2, 0) is 16.1 Å². The fourth-order valence-corrected chi connectivity index (χ4v) is 3.49. The summed E-state index contributed by atoms with van der Waals surface area (Å²) in [5, 5.41) is 8.62. The molecule has 6 nitrogen and oxygen atoms in total. The number of amides is 1. The lowest BCUT2D eigenvalue weighted by molar-refractivity contribution is -0.127. The number of aliphatic imine (C=N–C) groups is 1. The quantitative estimate of drug-likeness (QED) is 0.315. The molecule has 2 N–H and O–H groups in total. The van der Waals surface area contributed by atoms with Crippen LogP contribution in [0.15, 0.2) is 22.5 Å². The zero-order valence-electron chi connectivity index (χ0n) is 16.0. The summed E-state index contributed by atoms with van der Waals surface area (Å²) >= 11 is 1.70. The SMILES string of the molecule is CN(C)C(=O)CN=C(NCCOC1CCCCCC1)NCc1cccs1. The highest BCUT2D eigenvalue weighted by molar-refractivity contribution is 7.09. The van der Waals surface area contributed by atoms with Gasteiger partial charge in [0.25, 0.3) is 0 Å². The molecule has 0 saturated heterocycles. The van der Waals surface area contributed by atoms with Crippen LogP contribution in [0.4, 0.5) is 0 Å².